The number of aromatic hydroxyl groups is 1. The number of ether oxygens (including phenoxy) is 1. The van der Waals surface area contributed by atoms with Crippen LogP contribution in [-0.2, 0) is 11.3 Å². The highest BCUT2D eigenvalue weighted by Gasteiger charge is 2.41. The number of Topliss-reactive ketones (excluding diaryl/α,β-unsaturated/α-hetero) is 1. The highest BCUT2D eigenvalue weighted by Crippen LogP contribution is 2.30. The quantitative estimate of drug-likeness (QED) is 0.801. The molecule has 0 bridgehead atoms. The topological polar surface area (TPSA) is 88.8 Å². The summed E-state index contributed by atoms with van der Waals surface area (Å²) in [4.78, 5) is 39.8. The molecule has 2 aliphatic heterocycles. The van der Waals surface area contributed by atoms with Crippen molar-refractivity contribution in [3.05, 3.63) is 27.7 Å². The fraction of sp³-hybridized carbons (Fsp3) is 0.667. The number of amides is 1. The van der Waals surface area contributed by atoms with E-state index in [1.54, 1.807) is 4.90 Å². The highest BCUT2D eigenvalue weighted by molar-refractivity contribution is 6.00. The molecule has 0 aromatic carbocycles. The van der Waals surface area contributed by atoms with Gasteiger partial charge < -0.3 is 19.3 Å². The first kappa shape index (κ1) is 19.2. The minimum absolute atomic E-state index is 0.0219. The van der Waals surface area contributed by atoms with Crippen LogP contribution in [0, 0.1) is 5.92 Å². The second kappa shape index (κ2) is 7.70. The van der Waals surface area contributed by atoms with Crippen LogP contribution in [0.4, 0.5) is 0 Å². The lowest BCUT2D eigenvalue weighted by atomic mass is 9.85. The minimum atomic E-state index is -0.739. The zero-order valence-corrected chi connectivity index (χ0v) is 16.4. The van der Waals surface area contributed by atoms with Crippen LogP contribution in [0.3, 0.4) is 0 Å². The summed E-state index contributed by atoms with van der Waals surface area (Å²) in [6, 6.07) is -0.0219. The molecule has 2 fully saturated rings. The Kier molecular flexibility index (Phi) is 5.27. The Bertz CT molecular complexity index is 840. The normalized spacial score (nSPS) is 25.3. The number of hydrogen-bond donors (Lipinski definition) is 1. The number of fused-ring (bicyclic) bond motifs is 2. The molecule has 152 valence electrons. The van der Waals surface area contributed by atoms with E-state index in [1.165, 1.54) is 30.0 Å². The van der Waals surface area contributed by atoms with Gasteiger partial charge in [-0.3, -0.25) is 14.4 Å². The Morgan fingerprint density at radius 2 is 1.96 bits per heavy atom. The van der Waals surface area contributed by atoms with E-state index in [0.717, 1.165) is 19.3 Å². The molecule has 3 aliphatic rings. The lowest BCUT2D eigenvalue weighted by Gasteiger charge is -2.44. The molecule has 1 amide bonds. The standard InChI is InChI=1S/C21H28N2O5/c1-13-9-10-28-17-12-22-11-15(16(24)8-7-14-5-3-2-4-6-14)19(25)20(26)18(22)21(27)23(13)17/h11,13-14,17,26H,2-10,12H2,1H3/t13-,17+/m1/s1. The monoisotopic (exact) mass is 388 g/mol. The van der Waals surface area contributed by atoms with Crippen molar-refractivity contribution in [3.63, 3.8) is 0 Å². The maximum absolute atomic E-state index is 12.9. The van der Waals surface area contributed by atoms with Gasteiger partial charge in [0.15, 0.2) is 23.5 Å². The van der Waals surface area contributed by atoms with E-state index in [0.29, 0.717) is 31.9 Å². The third-order valence-electron chi connectivity index (χ3n) is 6.48. The zero-order valence-electron chi connectivity index (χ0n) is 16.4. The van der Waals surface area contributed by atoms with E-state index in [2.05, 4.69) is 0 Å². The summed E-state index contributed by atoms with van der Waals surface area (Å²) < 4.78 is 7.24. The Morgan fingerprint density at radius 3 is 2.71 bits per heavy atom. The molecule has 1 saturated heterocycles. The largest absolute Gasteiger partial charge is 0.503 e. The van der Waals surface area contributed by atoms with Gasteiger partial charge in [0.2, 0.25) is 5.43 Å². The van der Waals surface area contributed by atoms with Crippen molar-refractivity contribution in [2.45, 2.75) is 77.1 Å². The molecular formula is C21H28N2O5. The molecule has 1 N–H and O–H groups in total. The SMILES string of the molecule is C[C@@H]1CCO[C@H]2Cn3cc(C(=O)CCC4CCCCC4)c(=O)c(O)c3C(=O)N12. The summed E-state index contributed by atoms with van der Waals surface area (Å²) in [5.74, 6) is -0.753. The van der Waals surface area contributed by atoms with Crippen LogP contribution in [0.2, 0.25) is 0 Å². The minimum Gasteiger partial charge on any atom is -0.503 e. The molecule has 7 heteroatoms. The van der Waals surface area contributed by atoms with Crippen LogP contribution < -0.4 is 5.43 Å². The molecule has 4 rings (SSSR count). The van der Waals surface area contributed by atoms with Crippen molar-refractivity contribution in [1.29, 1.82) is 0 Å². The summed E-state index contributed by atoms with van der Waals surface area (Å²) in [7, 11) is 0. The van der Waals surface area contributed by atoms with Crippen molar-refractivity contribution in [2.24, 2.45) is 5.92 Å². The summed E-state index contributed by atoms with van der Waals surface area (Å²) in [5, 5.41) is 10.5. The molecule has 0 spiro atoms. The van der Waals surface area contributed by atoms with Gasteiger partial charge in [-0.2, -0.15) is 0 Å². The molecule has 7 nitrogen and oxygen atoms in total. The van der Waals surface area contributed by atoms with Crippen molar-refractivity contribution in [1.82, 2.24) is 9.47 Å². The van der Waals surface area contributed by atoms with Gasteiger partial charge in [0.1, 0.15) is 0 Å². The Balaban J connectivity index is 1.59. The number of aromatic nitrogens is 1. The molecule has 1 aromatic rings. The van der Waals surface area contributed by atoms with Crippen LogP contribution in [0.25, 0.3) is 0 Å². The van der Waals surface area contributed by atoms with Crippen LogP contribution in [0.5, 0.6) is 5.75 Å². The lowest BCUT2D eigenvalue weighted by Crippen LogP contribution is -2.57. The van der Waals surface area contributed by atoms with Gasteiger partial charge in [0, 0.05) is 18.7 Å². The van der Waals surface area contributed by atoms with Crippen LogP contribution in [-0.4, -0.2) is 45.1 Å². The molecule has 1 saturated carbocycles. The fourth-order valence-corrected chi connectivity index (χ4v) is 4.80. The van der Waals surface area contributed by atoms with E-state index in [4.69, 9.17) is 4.74 Å². The highest BCUT2D eigenvalue weighted by atomic mass is 16.5. The van der Waals surface area contributed by atoms with Crippen LogP contribution >= 0.6 is 0 Å². The van der Waals surface area contributed by atoms with Crippen molar-refractivity contribution in [3.8, 4) is 5.75 Å². The van der Waals surface area contributed by atoms with Gasteiger partial charge in [0.25, 0.3) is 5.91 Å². The first-order chi connectivity index (χ1) is 13.5. The van der Waals surface area contributed by atoms with Gasteiger partial charge in [-0.1, -0.05) is 32.1 Å². The zero-order chi connectivity index (χ0) is 19.8. The van der Waals surface area contributed by atoms with Gasteiger partial charge in [-0.15, -0.1) is 0 Å². The molecule has 0 radical (unpaired) electrons. The first-order valence-corrected chi connectivity index (χ1v) is 10.4. The van der Waals surface area contributed by atoms with Crippen molar-refractivity contribution in [2.75, 3.05) is 6.61 Å². The van der Waals surface area contributed by atoms with Crippen molar-refractivity contribution >= 4 is 11.7 Å². The summed E-state index contributed by atoms with van der Waals surface area (Å²) in [6.45, 7) is 2.80. The van der Waals surface area contributed by atoms with E-state index in [9.17, 15) is 19.5 Å². The van der Waals surface area contributed by atoms with E-state index < -0.39 is 23.3 Å². The van der Waals surface area contributed by atoms with Gasteiger partial charge in [-0.25, -0.2) is 0 Å². The predicted octanol–water partition coefficient (Wildman–Crippen LogP) is 2.69. The fourth-order valence-electron chi connectivity index (χ4n) is 4.80. The molecule has 1 aliphatic carbocycles. The number of pyridine rings is 1. The number of hydrogen-bond acceptors (Lipinski definition) is 5. The third-order valence-corrected chi connectivity index (χ3v) is 6.48. The molecule has 28 heavy (non-hydrogen) atoms. The number of carbonyl (C=O) groups is 2. The van der Waals surface area contributed by atoms with Crippen LogP contribution in [0.1, 0.15) is 79.1 Å². The predicted molar refractivity (Wildman–Crippen MR) is 102 cm³/mol. The van der Waals surface area contributed by atoms with Gasteiger partial charge in [-0.05, 0) is 25.7 Å². The van der Waals surface area contributed by atoms with E-state index in [1.807, 2.05) is 6.92 Å². The maximum atomic E-state index is 12.9. The maximum Gasteiger partial charge on any atom is 0.276 e. The van der Waals surface area contributed by atoms with E-state index >= 15 is 0 Å². The third kappa shape index (κ3) is 3.36. The smallest absolute Gasteiger partial charge is 0.276 e. The van der Waals surface area contributed by atoms with Crippen LogP contribution in [0.15, 0.2) is 11.0 Å². The second-order valence-electron chi connectivity index (χ2n) is 8.36. The summed E-state index contributed by atoms with van der Waals surface area (Å²) in [5.41, 5.74) is -0.804. The molecule has 1 aromatic heterocycles. The summed E-state index contributed by atoms with van der Waals surface area (Å²) >= 11 is 0. The molecule has 2 atom stereocenters. The van der Waals surface area contributed by atoms with Crippen molar-refractivity contribution < 1.29 is 19.4 Å². The lowest BCUT2D eigenvalue weighted by molar-refractivity contribution is -0.112. The first-order valence-electron chi connectivity index (χ1n) is 10.4. The molecule has 0 unspecified atom stereocenters. The average molecular weight is 388 g/mol. The Labute approximate surface area is 164 Å². The van der Waals surface area contributed by atoms with E-state index in [-0.39, 0.29) is 23.1 Å². The Hall–Kier alpha value is -2.15. The average Bonchev–Trinajstić information content (AvgIpc) is 2.69. The number of carbonyl (C=O) groups excluding carboxylic acids is 2. The van der Waals surface area contributed by atoms with Gasteiger partial charge >= 0.3 is 0 Å². The molecular weight excluding hydrogens is 360 g/mol. The number of rotatable bonds is 4. The van der Waals surface area contributed by atoms with Gasteiger partial charge in [0.05, 0.1) is 18.7 Å². The summed E-state index contributed by atoms with van der Waals surface area (Å²) in [6.07, 6.45) is 8.76. The number of nitrogens with zero attached hydrogens (tertiary/aromatic N) is 2. The Morgan fingerprint density at radius 1 is 1.21 bits per heavy atom. The number of ketones is 1. The molecule has 3 heterocycles. The second-order valence-corrected chi connectivity index (χ2v) is 8.36.